The van der Waals surface area contributed by atoms with Gasteiger partial charge in [-0.05, 0) is 18.8 Å². The molecule has 1 unspecified atom stereocenters. The van der Waals surface area contributed by atoms with Crippen LogP contribution < -0.4 is 5.11 Å². The molecular weight excluding hydrogens is 236 g/mol. The van der Waals surface area contributed by atoms with Gasteiger partial charge in [0, 0.05) is 5.97 Å². The van der Waals surface area contributed by atoms with E-state index in [1.54, 1.807) is 0 Å². The Morgan fingerprint density at radius 3 is 2.27 bits per heavy atom. The summed E-state index contributed by atoms with van der Waals surface area (Å²) in [4.78, 5) is 10.3. The molecule has 0 radical (unpaired) electrons. The van der Waals surface area contributed by atoms with Crippen LogP contribution in [-0.4, -0.2) is 5.97 Å². The Hall–Kier alpha value is 0.210. The third-order valence-corrected chi connectivity index (χ3v) is 1.73. The third-order valence-electron chi connectivity index (χ3n) is 1.73. The van der Waals surface area contributed by atoms with Crippen molar-refractivity contribution in [3.8, 4) is 0 Å². The number of carboxylic acids is 1. The largest absolute Gasteiger partial charge is 1.00 e. The molecule has 70 valence electrons. The van der Waals surface area contributed by atoms with Crippen LogP contribution in [0.1, 0.15) is 39.5 Å². The Labute approximate surface area is 83.9 Å². The predicted octanol–water partition coefficient (Wildman–Crippen LogP) is 0.950. The maximum atomic E-state index is 10.3. The summed E-state index contributed by atoms with van der Waals surface area (Å²) in [7, 11) is 0. The SMILES string of the molecule is CCCCC(CC)C(=O)[O-].[Ag+]. The minimum Gasteiger partial charge on any atom is -0.550 e. The zero-order chi connectivity index (χ0) is 7.98. The molecule has 0 saturated heterocycles. The molecule has 0 aliphatic rings. The summed E-state index contributed by atoms with van der Waals surface area (Å²) in [5.74, 6) is -1.11. The molecule has 2 nitrogen and oxygen atoms in total. The second-order valence-corrected chi connectivity index (χ2v) is 2.57. The van der Waals surface area contributed by atoms with E-state index in [4.69, 9.17) is 0 Å². The fourth-order valence-electron chi connectivity index (χ4n) is 0.939. The van der Waals surface area contributed by atoms with Gasteiger partial charge in [0.25, 0.3) is 0 Å². The Morgan fingerprint density at radius 1 is 1.45 bits per heavy atom. The van der Waals surface area contributed by atoms with Crippen LogP contribution in [0.3, 0.4) is 0 Å². The molecule has 0 heterocycles. The molecular formula is C8H15AgO2. The summed E-state index contributed by atoms with van der Waals surface area (Å²) in [6, 6.07) is 0. The molecule has 0 amide bonds. The first-order valence-corrected chi connectivity index (χ1v) is 3.93. The van der Waals surface area contributed by atoms with E-state index in [0.29, 0.717) is 6.42 Å². The molecule has 11 heavy (non-hydrogen) atoms. The number of hydrogen-bond acceptors (Lipinski definition) is 2. The minimum absolute atomic E-state index is 0. The van der Waals surface area contributed by atoms with Crippen LogP contribution in [0.5, 0.6) is 0 Å². The molecule has 0 aliphatic carbocycles. The predicted molar refractivity (Wildman–Crippen MR) is 38.3 cm³/mol. The molecule has 3 heteroatoms. The molecule has 1 atom stereocenters. The van der Waals surface area contributed by atoms with E-state index in [-0.39, 0.29) is 28.3 Å². The van der Waals surface area contributed by atoms with Crippen LogP contribution in [0.2, 0.25) is 0 Å². The van der Waals surface area contributed by atoms with Crippen LogP contribution in [0.15, 0.2) is 0 Å². The molecule has 0 saturated carbocycles. The Bertz CT molecular complexity index is 104. The van der Waals surface area contributed by atoms with Gasteiger partial charge in [-0.25, -0.2) is 0 Å². The smallest absolute Gasteiger partial charge is 0.550 e. The first-order chi connectivity index (χ1) is 4.72. The van der Waals surface area contributed by atoms with Crippen LogP contribution in [0, 0.1) is 5.92 Å². The van der Waals surface area contributed by atoms with Crippen molar-refractivity contribution in [1.29, 1.82) is 0 Å². The van der Waals surface area contributed by atoms with Gasteiger partial charge in [-0.15, -0.1) is 0 Å². The van der Waals surface area contributed by atoms with E-state index in [0.717, 1.165) is 19.3 Å². The van der Waals surface area contributed by atoms with Crippen molar-refractivity contribution in [2.45, 2.75) is 39.5 Å². The van der Waals surface area contributed by atoms with Gasteiger partial charge in [0.15, 0.2) is 0 Å². The summed E-state index contributed by atoms with van der Waals surface area (Å²) < 4.78 is 0. The number of carboxylic acid groups (broad SMARTS) is 1. The second-order valence-electron chi connectivity index (χ2n) is 2.57. The Morgan fingerprint density at radius 2 is 2.00 bits per heavy atom. The molecule has 0 bridgehead atoms. The first kappa shape index (κ1) is 13.8. The summed E-state index contributed by atoms with van der Waals surface area (Å²) >= 11 is 0. The fourth-order valence-corrected chi connectivity index (χ4v) is 0.939. The maximum absolute atomic E-state index is 10.3. The van der Waals surface area contributed by atoms with Crippen molar-refractivity contribution in [3.05, 3.63) is 0 Å². The van der Waals surface area contributed by atoms with Crippen LogP contribution in [0.25, 0.3) is 0 Å². The molecule has 0 spiro atoms. The van der Waals surface area contributed by atoms with Crippen molar-refractivity contribution in [3.63, 3.8) is 0 Å². The number of unbranched alkanes of at least 4 members (excludes halogenated alkanes) is 1. The monoisotopic (exact) mass is 250 g/mol. The summed E-state index contributed by atoms with van der Waals surface area (Å²) in [5.41, 5.74) is 0. The van der Waals surface area contributed by atoms with Crippen LogP contribution in [-0.2, 0) is 27.2 Å². The van der Waals surface area contributed by atoms with Gasteiger partial charge < -0.3 is 9.90 Å². The topological polar surface area (TPSA) is 40.1 Å². The van der Waals surface area contributed by atoms with Gasteiger partial charge in [0.1, 0.15) is 0 Å². The summed E-state index contributed by atoms with van der Waals surface area (Å²) in [5, 5.41) is 10.3. The van der Waals surface area contributed by atoms with Gasteiger partial charge in [-0.2, -0.15) is 0 Å². The van der Waals surface area contributed by atoms with E-state index < -0.39 is 5.97 Å². The maximum Gasteiger partial charge on any atom is 1.00 e. The number of hydrogen-bond donors (Lipinski definition) is 0. The van der Waals surface area contributed by atoms with E-state index in [1.807, 2.05) is 6.92 Å². The molecule has 0 aromatic rings. The Balaban J connectivity index is 0. The van der Waals surface area contributed by atoms with Crippen molar-refractivity contribution < 1.29 is 32.3 Å². The zero-order valence-electron chi connectivity index (χ0n) is 7.02. The van der Waals surface area contributed by atoms with Gasteiger partial charge in [0.05, 0.1) is 0 Å². The third kappa shape index (κ3) is 6.60. The quantitative estimate of drug-likeness (QED) is 0.682. The summed E-state index contributed by atoms with van der Waals surface area (Å²) in [6.45, 7) is 3.94. The van der Waals surface area contributed by atoms with E-state index >= 15 is 0 Å². The van der Waals surface area contributed by atoms with Crippen molar-refractivity contribution in [2.75, 3.05) is 0 Å². The number of carbonyl (C=O) groups excluding carboxylic acids is 1. The molecule has 0 aliphatic heterocycles. The van der Waals surface area contributed by atoms with Gasteiger partial charge in [-0.1, -0.05) is 26.7 Å². The standard InChI is InChI=1S/C8H16O2.Ag/c1-3-5-6-7(4-2)8(9)10;/h7H,3-6H2,1-2H3,(H,9,10);/q;+1/p-1. The molecule has 0 rings (SSSR count). The van der Waals surface area contributed by atoms with Gasteiger partial charge in [-0.3, -0.25) is 0 Å². The normalized spacial score (nSPS) is 11.8. The number of carbonyl (C=O) groups is 1. The number of aliphatic carboxylic acids is 1. The van der Waals surface area contributed by atoms with Crippen LogP contribution >= 0.6 is 0 Å². The Kier molecular flexibility index (Phi) is 10.4. The minimum atomic E-state index is -0.893. The van der Waals surface area contributed by atoms with E-state index in [2.05, 4.69) is 6.92 Å². The molecule has 0 aromatic heterocycles. The average Bonchev–Trinajstić information content (AvgIpc) is 1.89. The van der Waals surface area contributed by atoms with Gasteiger partial charge in [0.2, 0.25) is 0 Å². The van der Waals surface area contributed by atoms with Crippen LogP contribution in [0.4, 0.5) is 0 Å². The van der Waals surface area contributed by atoms with Crippen molar-refractivity contribution in [2.24, 2.45) is 5.92 Å². The van der Waals surface area contributed by atoms with Crippen molar-refractivity contribution in [1.82, 2.24) is 0 Å². The second kappa shape index (κ2) is 8.31. The molecule has 0 fully saturated rings. The number of rotatable bonds is 5. The van der Waals surface area contributed by atoms with Gasteiger partial charge >= 0.3 is 22.4 Å². The molecule has 0 N–H and O–H groups in total. The fraction of sp³-hybridized carbons (Fsp3) is 0.875. The van der Waals surface area contributed by atoms with E-state index in [1.165, 1.54) is 0 Å². The molecule has 0 aromatic carbocycles. The first-order valence-electron chi connectivity index (χ1n) is 3.93. The van der Waals surface area contributed by atoms with Crippen molar-refractivity contribution >= 4 is 5.97 Å². The zero-order valence-corrected chi connectivity index (χ0v) is 8.51. The average molecular weight is 251 g/mol. The van der Waals surface area contributed by atoms with E-state index in [9.17, 15) is 9.90 Å². The summed E-state index contributed by atoms with van der Waals surface area (Å²) in [6.07, 6.45) is 3.52.